The van der Waals surface area contributed by atoms with Gasteiger partial charge in [0.05, 0.1) is 12.2 Å². The van der Waals surface area contributed by atoms with Crippen LogP contribution in [0, 0.1) is 11.7 Å². The zero-order valence-electron chi connectivity index (χ0n) is 18.1. The summed E-state index contributed by atoms with van der Waals surface area (Å²) in [5.74, 6) is 1.03. The molecule has 0 unspecified atom stereocenters. The molecule has 7 heteroatoms. The Morgan fingerprint density at radius 1 is 1.31 bits per heavy atom. The van der Waals surface area contributed by atoms with Crippen molar-refractivity contribution in [2.45, 2.75) is 58.9 Å². The maximum absolute atomic E-state index is 13.7. The second kappa shape index (κ2) is 8.05. The van der Waals surface area contributed by atoms with E-state index in [-0.39, 0.29) is 29.7 Å². The predicted octanol–water partition coefficient (Wildman–Crippen LogP) is 3.50. The first-order chi connectivity index (χ1) is 13.6. The minimum atomic E-state index is -0.378. The number of carbonyl (C=O) groups excluding carboxylic acids is 1. The molecule has 1 atom stereocenters. The second-order valence-electron chi connectivity index (χ2n) is 8.89. The first-order valence-electron chi connectivity index (χ1n) is 10.1. The highest BCUT2D eigenvalue weighted by Gasteiger charge is 2.36. The summed E-state index contributed by atoms with van der Waals surface area (Å²) in [5.41, 5.74) is 2.31. The number of amides is 1. The maximum atomic E-state index is 13.7. The minimum absolute atomic E-state index is 0.0534. The summed E-state index contributed by atoms with van der Waals surface area (Å²) in [5, 5.41) is 3.04. The van der Waals surface area contributed by atoms with Crippen molar-refractivity contribution in [2.24, 2.45) is 5.92 Å². The van der Waals surface area contributed by atoms with Crippen LogP contribution < -0.4 is 10.2 Å². The van der Waals surface area contributed by atoms with E-state index in [9.17, 15) is 9.18 Å². The summed E-state index contributed by atoms with van der Waals surface area (Å²) < 4.78 is 13.7. The van der Waals surface area contributed by atoms with Crippen LogP contribution in [0.15, 0.2) is 18.3 Å². The van der Waals surface area contributed by atoms with Crippen LogP contribution in [0.5, 0.6) is 0 Å². The Balaban J connectivity index is 1.97. The van der Waals surface area contributed by atoms with Crippen molar-refractivity contribution in [3.63, 3.8) is 0 Å². The molecule has 1 amide bonds. The smallest absolute Gasteiger partial charge is 0.239 e. The number of nitrogens with one attached hydrogen (secondary N) is 1. The Hall–Kier alpha value is -2.57. The summed E-state index contributed by atoms with van der Waals surface area (Å²) in [6.45, 7) is 10.7. The third-order valence-corrected chi connectivity index (χ3v) is 5.71. The molecule has 2 aromatic rings. The molecule has 156 valence electrons. The van der Waals surface area contributed by atoms with Crippen molar-refractivity contribution in [3.05, 3.63) is 35.4 Å². The zero-order chi connectivity index (χ0) is 21.3. The number of likely N-dealkylation sites (N-methyl/N-ethyl adjacent to an activating group) is 1. The molecule has 2 aromatic heterocycles. The number of anilines is 1. The number of fused-ring (bicyclic) bond motifs is 1. The van der Waals surface area contributed by atoms with Gasteiger partial charge in [-0.25, -0.2) is 14.4 Å². The summed E-state index contributed by atoms with van der Waals surface area (Å²) >= 11 is 0. The van der Waals surface area contributed by atoms with Gasteiger partial charge in [-0.1, -0.05) is 27.7 Å². The molecule has 0 saturated carbocycles. The largest absolute Gasteiger partial charge is 0.352 e. The predicted molar refractivity (Wildman–Crippen MR) is 112 cm³/mol. The molecule has 0 aliphatic heterocycles. The molecule has 1 aliphatic rings. The number of rotatable bonds is 6. The average molecular weight is 400 g/mol. The summed E-state index contributed by atoms with van der Waals surface area (Å²) in [6.07, 6.45) is 3.19. The van der Waals surface area contributed by atoms with Crippen LogP contribution >= 0.6 is 0 Å². The molecular formula is C22H30FN5O. The topological polar surface area (TPSA) is 71.0 Å². The number of hydrogen-bond acceptors (Lipinski definition) is 5. The van der Waals surface area contributed by atoms with E-state index in [2.05, 4.69) is 43.0 Å². The third kappa shape index (κ3) is 4.54. The van der Waals surface area contributed by atoms with E-state index in [1.165, 1.54) is 18.3 Å². The first kappa shape index (κ1) is 21.1. The molecule has 1 aliphatic carbocycles. The molecule has 2 heterocycles. The van der Waals surface area contributed by atoms with Crippen LogP contribution in [0.1, 0.15) is 52.3 Å². The highest BCUT2D eigenvalue weighted by Crippen LogP contribution is 2.42. The molecule has 3 rings (SSSR count). The van der Waals surface area contributed by atoms with Crippen molar-refractivity contribution in [1.29, 1.82) is 0 Å². The normalized spacial score (nSPS) is 15.9. The number of hydrogen-bond donors (Lipinski definition) is 1. The third-order valence-electron chi connectivity index (χ3n) is 5.71. The van der Waals surface area contributed by atoms with E-state index >= 15 is 0 Å². The Bertz CT molecular complexity index is 912. The molecule has 6 nitrogen and oxygen atoms in total. The van der Waals surface area contributed by atoms with Crippen molar-refractivity contribution < 1.29 is 9.18 Å². The highest BCUT2D eigenvalue weighted by molar-refractivity contribution is 5.81. The van der Waals surface area contributed by atoms with Gasteiger partial charge in [0, 0.05) is 30.9 Å². The van der Waals surface area contributed by atoms with Gasteiger partial charge in [0.2, 0.25) is 5.91 Å². The van der Waals surface area contributed by atoms with Crippen LogP contribution in [0.3, 0.4) is 0 Å². The van der Waals surface area contributed by atoms with E-state index in [4.69, 9.17) is 4.98 Å². The van der Waals surface area contributed by atoms with Crippen LogP contribution in [0.4, 0.5) is 10.2 Å². The molecular weight excluding hydrogens is 369 g/mol. The number of nitrogens with zero attached hydrogens (tertiary/aromatic N) is 4. The van der Waals surface area contributed by atoms with Gasteiger partial charge >= 0.3 is 0 Å². The quantitative estimate of drug-likeness (QED) is 0.805. The molecule has 0 fully saturated rings. The summed E-state index contributed by atoms with van der Waals surface area (Å²) in [4.78, 5) is 28.0. The Labute approximate surface area is 172 Å². The van der Waals surface area contributed by atoms with Gasteiger partial charge in [-0.05, 0) is 37.2 Å². The van der Waals surface area contributed by atoms with Crippen LogP contribution in [-0.4, -0.2) is 40.5 Å². The van der Waals surface area contributed by atoms with Gasteiger partial charge in [0.1, 0.15) is 17.3 Å². The lowest BCUT2D eigenvalue weighted by atomic mass is 9.87. The van der Waals surface area contributed by atoms with Crippen LogP contribution in [0.2, 0.25) is 0 Å². The lowest BCUT2D eigenvalue weighted by Gasteiger charge is -2.28. The van der Waals surface area contributed by atoms with E-state index in [0.29, 0.717) is 23.3 Å². The fraction of sp³-hybridized carbons (Fsp3) is 0.545. The monoisotopic (exact) mass is 399 g/mol. The number of carbonyl (C=O) groups is 1. The fourth-order valence-corrected chi connectivity index (χ4v) is 3.60. The van der Waals surface area contributed by atoms with Crippen molar-refractivity contribution in [2.75, 3.05) is 18.5 Å². The van der Waals surface area contributed by atoms with Gasteiger partial charge in [-0.2, -0.15) is 0 Å². The Morgan fingerprint density at radius 2 is 2.03 bits per heavy atom. The Morgan fingerprint density at radius 3 is 2.69 bits per heavy atom. The van der Waals surface area contributed by atoms with Gasteiger partial charge < -0.3 is 10.2 Å². The van der Waals surface area contributed by atoms with Crippen LogP contribution in [0.25, 0.3) is 11.5 Å². The molecule has 29 heavy (non-hydrogen) atoms. The lowest BCUT2D eigenvalue weighted by molar-refractivity contribution is -0.120. The first-order valence-corrected chi connectivity index (χ1v) is 10.1. The number of aromatic nitrogens is 3. The fourth-order valence-electron chi connectivity index (χ4n) is 3.60. The summed E-state index contributed by atoms with van der Waals surface area (Å²) in [7, 11) is 1.86. The summed E-state index contributed by atoms with van der Waals surface area (Å²) in [6, 6.07) is 2.73. The van der Waals surface area contributed by atoms with Crippen molar-refractivity contribution in [1.82, 2.24) is 20.3 Å². The molecule has 0 spiro atoms. The standard InChI is InChI=1S/C22H30FN5O/c1-13(2)14(3)25-18(29)12-28(6)21-19-16(7-9-22(19,4)5)26-20(27-21)17-11-15(23)8-10-24-17/h8,10-11,13-14H,7,9,12H2,1-6H3,(H,25,29)/t14-/m0/s1. The highest BCUT2D eigenvalue weighted by atomic mass is 19.1. The minimum Gasteiger partial charge on any atom is -0.352 e. The molecule has 0 bridgehead atoms. The average Bonchev–Trinajstić information content (AvgIpc) is 2.95. The number of aryl methyl sites for hydroxylation is 1. The molecule has 1 N–H and O–H groups in total. The lowest BCUT2D eigenvalue weighted by Crippen LogP contribution is -2.42. The second-order valence-corrected chi connectivity index (χ2v) is 8.89. The zero-order valence-corrected chi connectivity index (χ0v) is 18.1. The van der Waals surface area contributed by atoms with Crippen molar-refractivity contribution >= 4 is 11.7 Å². The maximum Gasteiger partial charge on any atom is 0.239 e. The number of pyridine rings is 1. The molecule has 0 aromatic carbocycles. The van der Waals surface area contributed by atoms with E-state index < -0.39 is 0 Å². The van der Waals surface area contributed by atoms with E-state index in [1.54, 1.807) is 0 Å². The van der Waals surface area contributed by atoms with Gasteiger partial charge in [0.25, 0.3) is 0 Å². The van der Waals surface area contributed by atoms with Gasteiger partial charge in [0.15, 0.2) is 5.82 Å². The van der Waals surface area contributed by atoms with Crippen LogP contribution in [-0.2, 0) is 16.6 Å². The molecule has 0 radical (unpaired) electrons. The van der Waals surface area contributed by atoms with Gasteiger partial charge in [-0.15, -0.1) is 0 Å². The van der Waals surface area contributed by atoms with Gasteiger partial charge in [-0.3, -0.25) is 9.78 Å². The van der Waals surface area contributed by atoms with Crippen molar-refractivity contribution in [3.8, 4) is 11.5 Å². The van der Waals surface area contributed by atoms with E-state index in [1.807, 2.05) is 18.9 Å². The van der Waals surface area contributed by atoms with E-state index in [0.717, 1.165) is 24.1 Å². The number of halogens is 1. The molecule has 0 saturated heterocycles. The Kier molecular flexibility index (Phi) is 5.87. The SMILES string of the molecule is CC(C)[C@H](C)NC(=O)CN(C)c1nc(-c2cc(F)ccn2)nc2c1C(C)(C)CC2.